The number of rotatable bonds is 4. The van der Waals surface area contributed by atoms with E-state index in [0.29, 0.717) is 22.7 Å². The number of hydrogen-bond acceptors (Lipinski definition) is 6. The van der Waals surface area contributed by atoms with E-state index in [4.69, 9.17) is 21.5 Å². The van der Waals surface area contributed by atoms with Crippen LogP contribution in [-0.4, -0.2) is 28.6 Å². The molecule has 0 radical (unpaired) electrons. The normalized spacial score (nSPS) is 11.7. The zero-order chi connectivity index (χ0) is 20.8. The van der Waals surface area contributed by atoms with E-state index >= 15 is 0 Å². The molecular formula is C17H10ClF2N5O3S. The number of primary sulfonamides is 1. The molecule has 2 aromatic heterocycles. The van der Waals surface area contributed by atoms with E-state index in [-0.39, 0.29) is 27.3 Å². The van der Waals surface area contributed by atoms with Crippen molar-refractivity contribution in [3.63, 3.8) is 0 Å². The molecule has 0 fully saturated rings. The highest BCUT2D eigenvalue weighted by Gasteiger charge is 2.17. The first-order chi connectivity index (χ1) is 13.7. The van der Waals surface area contributed by atoms with Gasteiger partial charge >= 0.3 is 6.01 Å². The smallest absolute Gasteiger partial charge is 0.324 e. The van der Waals surface area contributed by atoms with Crippen molar-refractivity contribution in [1.29, 1.82) is 0 Å². The Hall–Kier alpha value is -3.15. The van der Waals surface area contributed by atoms with Crippen LogP contribution >= 0.6 is 11.6 Å². The third-order valence-corrected chi connectivity index (χ3v) is 5.16. The number of benzene rings is 2. The third-order valence-electron chi connectivity index (χ3n) is 3.92. The summed E-state index contributed by atoms with van der Waals surface area (Å²) in [6.07, 6.45) is 1.35. The first-order valence-corrected chi connectivity index (χ1v) is 9.81. The number of fused-ring (bicyclic) bond motifs is 1. The van der Waals surface area contributed by atoms with Crippen LogP contribution in [0.2, 0.25) is 5.02 Å². The standard InChI is InChI=1S/C17H10ClF2N5O3S/c18-12-3-2-9(29(21,26)27)6-10(12)15-11-7-22-17(23-16(11)25-24-15)28-14-4-1-8(19)5-13(14)20/h1-7H,(H2,21,26,27)(H,22,23,24,25). The Bertz CT molecular complexity index is 1360. The van der Waals surface area contributed by atoms with Gasteiger partial charge in [0.05, 0.1) is 21.0 Å². The monoisotopic (exact) mass is 437 g/mol. The van der Waals surface area contributed by atoms with Crippen LogP contribution in [0.3, 0.4) is 0 Å². The number of nitrogens with two attached hydrogens (primary N) is 1. The van der Waals surface area contributed by atoms with Gasteiger partial charge in [0.15, 0.2) is 17.2 Å². The number of aromatic amines is 1. The van der Waals surface area contributed by atoms with Crippen molar-refractivity contribution in [3.8, 4) is 23.0 Å². The number of ether oxygens (including phenoxy) is 1. The number of sulfonamides is 1. The Balaban J connectivity index is 1.74. The van der Waals surface area contributed by atoms with Crippen molar-refractivity contribution >= 4 is 32.7 Å². The van der Waals surface area contributed by atoms with E-state index in [0.717, 1.165) is 12.1 Å². The summed E-state index contributed by atoms with van der Waals surface area (Å²) in [6, 6.07) is 6.55. The summed E-state index contributed by atoms with van der Waals surface area (Å²) in [5, 5.41) is 12.5. The molecule has 0 spiro atoms. The number of H-pyrrole nitrogens is 1. The van der Waals surface area contributed by atoms with E-state index in [9.17, 15) is 17.2 Å². The molecule has 0 aliphatic carbocycles. The largest absolute Gasteiger partial charge is 0.421 e. The fraction of sp³-hybridized carbons (Fsp3) is 0. The van der Waals surface area contributed by atoms with Crippen LogP contribution in [0, 0.1) is 11.6 Å². The number of nitrogens with one attached hydrogen (secondary N) is 1. The van der Waals surface area contributed by atoms with Gasteiger partial charge in [0.25, 0.3) is 0 Å². The van der Waals surface area contributed by atoms with Gasteiger partial charge in [-0.05, 0) is 30.3 Å². The van der Waals surface area contributed by atoms with Crippen molar-refractivity contribution in [2.45, 2.75) is 4.90 Å². The number of aromatic nitrogens is 4. The van der Waals surface area contributed by atoms with Crippen LogP contribution < -0.4 is 9.88 Å². The molecule has 4 aromatic rings. The van der Waals surface area contributed by atoms with Crippen molar-refractivity contribution in [3.05, 3.63) is 59.3 Å². The molecule has 0 saturated carbocycles. The molecule has 3 N–H and O–H groups in total. The molecule has 0 unspecified atom stereocenters. The number of halogens is 3. The summed E-state index contributed by atoms with van der Waals surface area (Å²) < 4.78 is 55.2. The third kappa shape index (κ3) is 3.75. The highest BCUT2D eigenvalue weighted by molar-refractivity contribution is 7.89. The number of nitrogens with zero attached hydrogens (tertiary/aromatic N) is 3. The van der Waals surface area contributed by atoms with Gasteiger partial charge in [-0.3, -0.25) is 5.10 Å². The van der Waals surface area contributed by atoms with Crippen LogP contribution in [0.25, 0.3) is 22.3 Å². The Labute approximate surface area is 167 Å². The van der Waals surface area contributed by atoms with Gasteiger partial charge in [0, 0.05) is 17.8 Å². The fourth-order valence-corrected chi connectivity index (χ4v) is 3.32. The van der Waals surface area contributed by atoms with Gasteiger partial charge in [-0.1, -0.05) is 11.6 Å². The maximum Gasteiger partial charge on any atom is 0.324 e. The Morgan fingerprint density at radius 1 is 1.14 bits per heavy atom. The van der Waals surface area contributed by atoms with Gasteiger partial charge in [-0.2, -0.15) is 10.1 Å². The minimum absolute atomic E-state index is 0.132. The summed E-state index contributed by atoms with van der Waals surface area (Å²) >= 11 is 6.19. The zero-order valence-electron chi connectivity index (χ0n) is 14.2. The molecule has 2 aromatic carbocycles. The van der Waals surface area contributed by atoms with Crippen molar-refractivity contribution in [1.82, 2.24) is 20.2 Å². The molecule has 2 heterocycles. The lowest BCUT2D eigenvalue weighted by atomic mass is 10.1. The SMILES string of the molecule is NS(=O)(=O)c1ccc(Cl)c(-c2[nH]nc3nc(Oc4ccc(F)cc4F)ncc23)c1. The van der Waals surface area contributed by atoms with Gasteiger partial charge in [0.1, 0.15) is 5.82 Å². The van der Waals surface area contributed by atoms with Crippen LogP contribution in [0.15, 0.2) is 47.5 Å². The van der Waals surface area contributed by atoms with Gasteiger partial charge < -0.3 is 4.74 Å². The molecule has 0 aliphatic rings. The maximum atomic E-state index is 13.7. The number of hydrogen-bond donors (Lipinski definition) is 2. The molecule has 0 bridgehead atoms. The van der Waals surface area contributed by atoms with Crippen LogP contribution in [0.1, 0.15) is 0 Å². The summed E-state index contributed by atoms with van der Waals surface area (Å²) in [4.78, 5) is 7.91. The minimum Gasteiger partial charge on any atom is -0.421 e. The summed E-state index contributed by atoms with van der Waals surface area (Å²) in [5.74, 6) is -1.92. The molecule has 148 valence electrons. The predicted molar refractivity (Wildman–Crippen MR) is 99.9 cm³/mol. The Morgan fingerprint density at radius 2 is 1.93 bits per heavy atom. The van der Waals surface area contributed by atoms with E-state index in [1.54, 1.807) is 0 Å². The summed E-state index contributed by atoms with van der Waals surface area (Å²) in [5.41, 5.74) is 0.835. The minimum atomic E-state index is -3.94. The van der Waals surface area contributed by atoms with Crippen molar-refractivity contribution in [2.24, 2.45) is 5.14 Å². The van der Waals surface area contributed by atoms with Crippen molar-refractivity contribution < 1.29 is 21.9 Å². The quantitative estimate of drug-likeness (QED) is 0.504. The topological polar surface area (TPSA) is 124 Å². The summed E-state index contributed by atoms with van der Waals surface area (Å²) in [6.45, 7) is 0. The lowest BCUT2D eigenvalue weighted by Gasteiger charge is -2.06. The molecule has 12 heteroatoms. The highest BCUT2D eigenvalue weighted by Crippen LogP contribution is 2.33. The molecule has 0 atom stereocenters. The second kappa shape index (κ2) is 7.03. The molecular weight excluding hydrogens is 428 g/mol. The molecule has 29 heavy (non-hydrogen) atoms. The van der Waals surface area contributed by atoms with E-state index in [2.05, 4.69) is 20.2 Å². The molecule has 8 nitrogen and oxygen atoms in total. The molecule has 0 amide bonds. The van der Waals surface area contributed by atoms with Gasteiger partial charge in [0.2, 0.25) is 10.0 Å². The van der Waals surface area contributed by atoms with E-state index in [1.807, 2.05) is 0 Å². The molecule has 0 saturated heterocycles. The fourth-order valence-electron chi connectivity index (χ4n) is 2.57. The van der Waals surface area contributed by atoms with E-state index in [1.165, 1.54) is 24.4 Å². The Kier molecular flexibility index (Phi) is 4.65. The van der Waals surface area contributed by atoms with Gasteiger partial charge in [-0.25, -0.2) is 27.3 Å². The second-order valence-corrected chi connectivity index (χ2v) is 7.82. The van der Waals surface area contributed by atoms with E-state index < -0.39 is 21.7 Å². The van der Waals surface area contributed by atoms with Crippen LogP contribution in [0.5, 0.6) is 11.8 Å². The second-order valence-electron chi connectivity index (χ2n) is 5.85. The average molecular weight is 438 g/mol. The molecule has 0 aliphatic heterocycles. The first kappa shape index (κ1) is 19.2. The van der Waals surface area contributed by atoms with Gasteiger partial charge in [-0.15, -0.1) is 0 Å². The highest BCUT2D eigenvalue weighted by atomic mass is 35.5. The average Bonchev–Trinajstić information content (AvgIpc) is 3.06. The Morgan fingerprint density at radius 3 is 2.66 bits per heavy atom. The maximum absolute atomic E-state index is 13.7. The zero-order valence-corrected chi connectivity index (χ0v) is 15.8. The predicted octanol–water partition coefficient (Wildman–Crippen LogP) is 3.39. The lowest BCUT2D eigenvalue weighted by Crippen LogP contribution is -2.12. The van der Waals surface area contributed by atoms with Crippen molar-refractivity contribution in [2.75, 3.05) is 0 Å². The summed E-state index contributed by atoms with van der Waals surface area (Å²) in [7, 11) is -3.94. The molecule has 4 rings (SSSR count). The first-order valence-electron chi connectivity index (χ1n) is 7.89. The van der Waals surface area contributed by atoms with Crippen LogP contribution in [0.4, 0.5) is 8.78 Å². The van der Waals surface area contributed by atoms with Crippen LogP contribution in [-0.2, 0) is 10.0 Å². The lowest BCUT2D eigenvalue weighted by molar-refractivity contribution is 0.409.